The second kappa shape index (κ2) is 10.1. The SMILES string of the molecule is C=CCN1CC(C(=O)N(CCCN(C)C)C(=O)NCC)CC2(C)c3cccc4c3C(CN4)C[C@@H]12. The maximum Gasteiger partial charge on any atom is 0.324 e. The number of hydrogen-bond donors (Lipinski definition) is 2. The highest BCUT2D eigenvalue weighted by Gasteiger charge is 2.53. The van der Waals surface area contributed by atoms with E-state index in [9.17, 15) is 9.59 Å². The van der Waals surface area contributed by atoms with E-state index >= 15 is 0 Å². The van der Waals surface area contributed by atoms with Gasteiger partial charge in [0, 0.05) is 55.8 Å². The molecular formula is C27H41N5O2. The number of carbonyl (C=O) groups is 2. The fraction of sp³-hybridized carbons (Fsp3) is 0.630. The normalized spacial score (nSPS) is 27.5. The number of anilines is 1. The number of likely N-dealkylation sites (tertiary alicyclic amines) is 1. The Morgan fingerprint density at radius 3 is 2.82 bits per heavy atom. The Kier molecular flexibility index (Phi) is 7.33. The number of benzene rings is 1. The fourth-order valence-corrected chi connectivity index (χ4v) is 6.54. The molecule has 2 N–H and O–H groups in total. The number of piperidine rings is 1. The van der Waals surface area contributed by atoms with Gasteiger partial charge in [-0.15, -0.1) is 6.58 Å². The van der Waals surface area contributed by atoms with Gasteiger partial charge in [-0.3, -0.25) is 14.6 Å². The second-order valence-electron chi connectivity index (χ2n) is 10.6. The molecule has 0 radical (unpaired) electrons. The largest absolute Gasteiger partial charge is 0.384 e. The Morgan fingerprint density at radius 2 is 2.12 bits per heavy atom. The number of nitrogens with one attached hydrogen (secondary N) is 2. The topological polar surface area (TPSA) is 67.9 Å². The summed E-state index contributed by atoms with van der Waals surface area (Å²) in [6, 6.07) is 6.67. The maximum absolute atomic E-state index is 13.9. The summed E-state index contributed by atoms with van der Waals surface area (Å²) in [5.41, 5.74) is 3.92. The first-order valence-electron chi connectivity index (χ1n) is 12.8. The summed E-state index contributed by atoms with van der Waals surface area (Å²) < 4.78 is 0. The molecule has 0 spiro atoms. The minimum Gasteiger partial charge on any atom is -0.384 e. The summed E-state index contributed by atoms with van der Waals surface area (Å²) in [6.07, 6.45) is 4.56. The van der Waals surface area contributed by atoms with Gasteiger partial charge in [-0.25, -0.2) is 4.79 Å². The van der Waals surface area contributed by atoms with Crippen LogP contribution >= 0.6 is 0 Å². The van der Waals surface area contributed by atoms with Gasteiger partial charge in [0.25, 0.3) is 0 Å². The molecule has 1 saturated heterocycles. The number of fused-ring (bicyclic) bond motifs is 2. The minimum absolute atomic E-state index is 0.0498. The summed E-state index contributed by atoms with van der Waals surface area (Å²) in [7, 11) is 4.02. The van der Waals surface area contributed by atoms with Crippen molar-refractivity contribution in [3.05, 3.63) is 42.0 Å². The van der Waals surface area contributed by atoms with Crippen molar-refractivity contribution in [3.8, 4) is 0 Å². The van der Waals surface area contributed by atoms with Crippen molar-refractivity contribution in [2.45, 2.75) is 50.5 Å². The smallest absolute Gasteiger partial charge is 0.324 e. The molecule has 4 rings (SSSR count). The van der Waals surface area contributed by atoms with E-state index in [1.165, 1.54) is 21.7 Å². The maximum atomic E-state index is 13.9. The molecule has 1 aromatic carbocycles. The molecule has 3 unspecified atom stereocenters. The lowest BCUT2D eigenvalue weighted by Gasteiger charge is -2.55. The molecule has 0 saturated carbocycles. The quantitative estimate of drug-likeness (QED) is 0.575. The molecular weight excluding hydrogens is 426 g/mol. The van der Waals surface area contributed by atoms with E-state index in [1.54, 1.807) is 0 Å². The number of rotatable bonds is 8. The van der Waals surface area contributed by atoms with Crippen LogP contribution in [0.5, 0.6) is 0 Å². The highest BCUT2D eigenvalue weighted by atomic mass is 16.2. The molecule has 4 atom stereocenters. The van der Waals surface area contributed by atoms with Crippen molar-refractivity contribution < 1.29 is 9.59 Å². The molecule has 2 heterocycles. The van der Waals surface area contributed by atoms with Gasteiger partial charge in [-0.1, -0.05) is 25.1 Å². The summed E-state index contributed by atoms with van der Waals surface area (Å²) in [5, 5.41) is 6.46. The molecule has 186 valence electrons. The third-order valence-corrected chi connectivity index (χ3v) is 8.02. The zero-order chi connectivity index (χ0) is 24.5. The third-order valence-electron chi connectivity index (χ3n) is 8.02. The van der Waals surface area contributed by atoms with E-state index in [-0.39, 0.29) is 23.3 Å². The van der Waals surface area contributed by atoms with Gasteiger partial charge in [0.2, 0.25) is 5.91 Å². The molecule has 7 heteroatoms. The molecule has 0 bridgehead atoms. The Balaban J connectivity index is 1.65. The van der Waals surface area contributed by atoms with Crippen LogP contribution in [0, 0.1) is 5.92 Å². The van der Waals surface area contributed by atoms with E-state index in [4.69, 9.17) is 0 Å². The van der Waals surface area contributed by atoms with Crippen LogP contribution in [0.3, 0.4) is 0 Å². The molecule has 7 nitrogen and oxygen atoms in total. The van der Waals surface area contributed by atoms with E-state index in [2.05, 4.69) is 52.1 Å². The zero-order valence-corrected chi connectivity index (χ0v) is 21.3. The average molecular weight is 468 g/mol. The van der Waals surface area contributed by atoms with Gasteiger partial charge in [0.15, 0.2) is 0 Å². The van der Waals surface area contributed by atoms with Crippen LogP contribution in [-0.4, -0.2) is 86.0 Å². The standard InChI is InChI=1S/C27H41N5O2/c1-6-12-31-18-20(25(33)32(26(34)28-7-2)14-9-13-30(4)5)16-27(3)21-10-8-11-22-24(21)19(17-29-22)15-23(27)31/h6,8,10-11,19-20,23,29H,1,7,9,12-18H2,2-5H3,(H,28,34)/t19?,20?,23-,27?/m1/s1. The summed E-state index contributed by atoms with van der Waals surface area (Å²) in [6.45, 7) is 12.4. The highest BCUT2D eigenvalue weighted by Crippen LogP contribution is 2.54. The predicted octanol–water partition coefficient (Wildman–Crippen LogP) is 3.24. The lowest BCUT2D eigenvalue weighted by atomic mass is 9.59. The summed E-state index contributed by atoms with van der Waals surface area (Å²) in [5.74, 6) is 0.234. The van der Waals surface area contributed by atoms with Gasteiger partial charge >= 0.3 is 6.03 Å². The number of urea groups is 1. The van der Waals surface area contributed by atoms with E-state index in [0.29, 0.717) is 31.6 Å². The first kappa shape index (κ1) is 24.7. The summed E-state index contributed by atoms with van der Waals surface area (Å²) in [4.78, 5) is 32.8. The lowest BCUT2D eigenvalue weighted by molar-refractivity contribution is -0.137. The molecule has 1 aromatic rings. The molecule has 2 aliphatic heterocycles. The van der Waals surface area contributed by atoms with Crippen molar-refractivity contribution in [2.24, 2.45) is 5.92 Å². The van der Waals surface area contributed by atoms with E-state index in [0.717, 1.165) is 38.9 Å². The number of carbonyl (C=O) groups excluding carboxylic acids is 2. The minimum atomic E-state index is -0.276. The Hall–Kier alpha value is -2.38. The van der Waals surface area contributed by atoms with Crippen molar-refractivity contribution in [2.75, 3.05) is 58.7 Å². The third kappa shape index (κ3) is 4.48. The van der Waals surface area contributed by atoms with Crippen LogP contribution in [0.4, 0.5) is 10.5 Å². The van der Waals surface area contributed by atoms with Gasteiger partial charge in [0.05, 0.1) is 5.92 Å². The molecule has 3 amide bonds. The van der Waals surface area contributed by atoms with E-state index in [1.807, 2.05) is 27.1 Å². The van der Waals surface area contributed by atoms with Crippen molar-refractivity contribution in [1.82, 2.24) is 20.0 Å². The van der Waals surface area contributed by atoms with Crippen LogP contribution in [0.25, 0.3) is 0 Å². The zero-order valence-electron chi connectivity index (χ0n) is 21.3. The van der Waals surface area contributed by atoms with Crippen LogP contribution < -0.4 is 10.6 Å². The van der Waals surface area contributed by atoms with Gasteiger partial charge in [-0.2, -0.15) is 0 Å². The average Bonchev–Trinajstić information content (AvgIpc) is 3.21. The van der Waals surface area contributed by atoms with Crippen molar-refractivity contribution in [1.29, 1.82) is 0 Å². The van der Waals surface area contributed by atoms with Gasteiger partial charge < -0.3 is 15.5 Å². The first-order valence-corrected chi connectivity index (χ1v) is 12.8. The Morgan fingerprint density at radius 1 is 1.32 bits per heavy atom. The molecule has 1 fully saturated rings. The van der Waals surface area contributed by atoms with Crippen LogP contribution in [0.2, 0.25) is 0 Å². The second-order valence-corrected chi connectivity index (χ2v) is 10.6. The number of amides is 3. The molecule has 1 aliphatic carbocycles. The molecule has 34 heavy (non-hydrogen) atoms. The fourth-order valence-electron chi connectivity index (χ4n) is 6.54. The Labute approximate surface area is 204 Å². The Bertz CT molecular complexity index is 932. The number of hydrogen-bond acceptors (Lipinski definition) is 5. The molecule has 0 aromatic heterocycles. The van der Waals surface area contributed by atoms with Crippen LogP contribution in [0.15, 0.2) is 30.9 Å². The number of nitrogens with zero attached hydrogens (tertiary/aromatic N) is 3. The predicted molar refractivity (Wildman–Crippen MR) is 137 cm³/mol. The lowest BCUT2D eigenvalue weighted by Crippen LogP contribution is -2.61. The monoisotopic (exact) mass is 467 g/mol. The first-order chi connectivity index (χ1) is 16.3. The van der Waals surface area contributed by atoms with Gasteiger partial charge in [-0.05, 0) is 64.0 Å². The summed E-state index contributed by atoms with van der Waals surface area (Å²) >= 11 is 0. The van der Waals surface area contributed by atoms with Crippen LogP contribution in [0.1, 0.15) is 50.2 Å². The number of imide groups is 1. The van der Waals surface area contributed by atoms with E-state index < -0.39 is 0 Å². The van der Waals surface area contributed by atoms with Crippen molar-refractivity contribution >= 4 is 17.6 Å². The van der Waals surface area contributed by atoms with Crippen molar-refractivity contribution in [3.63, 3.8) is 0 Å². The molecule has 3 aliphatic rings. The highest BCUT2D eigenvalue weighted by molar-refractivity contribution is 5.95. The van der Waals surface area contributed by atoms with Crippen LogP contribution in [-0.2, 0) is 10.2 Å². The van der Waals surface area contributed by atoms with Gasteiger partial charge in [0.1, 0.15) is 0 Å².